The number of aromatic amines is 1. The van der Waals surface area contributed by atoms with Crippen LogP contribution in [0.3, 0.4) is 0 Å². The van der Waals surface area contributed by atoms with E-state index in [9.17, 15) is 9.59 Å². The van der Waals surface area contributed by atoms with Crippen molar-refractivity contribution in [1.29, 1.82) is 0 Å². The van der Waals surface area contributed by atoms with Gasteiger partial charge < -0.3 is 19.4 Å². The third kappa shape index (κ3) is 5.13. The molecule has 0 saturated heterocycles. The number of hydrogen-bond donors (Lipinski definition) is 1. The lowest BCUT2D eigenvalue weighted by molar-refractivity contribution is 0.0744. The molecule has 1 heterocycles. The Morgan fingerprint density at radius 1 is 0.861 bits per heavy atom. The maximum Gasteiger partial charge on any atom is 0.254 e. The maximum atomic E-state index is 13.7. The summed E-state index contributed by atoms with van der Waals surface area (Å²) in [5.74, 6) is 1.19. The highest BCUT2D eigenvalue weighted by Crippen LogP contribution is 2.28. The summed E-state index contributed by atoms with van der Waals surface area (Å²) in [6.45, 7) is 6.58. The van der Waals surface area contributed by atoms with Crippen molar-refractivity contribution in [2.45, 2.75) is 33.7 Å². The topological polar surface area (TPSA) is 71.6 Å². The molecule has 4 rings (SSSR count). The fourth-order valence-corrected chi connectivity index (χ4v) is 4.48. The highest BCUT2D eigenvalue weighted by molar-refractivity contribution is 5.95. The van der Waals surface area contributed by atoms with Crippen molar-refractivity contribution < 1.29 is 14.3 Å². The Balaban J connectivity index is 1.69. The SMILES string of the molecule is COc1ccc(CCN(Cc2cc3c(C)ccc(C)c3[nH]c2=O)C(=O)c2ccccc2C)cc1OC. The molecule has 0 bridgehead atoms. The first-order valence-electron chi connectivity index (χ1n) is 12.0. The van der Waals surface area contributed by atoms with Gasteiger partial charge in [0.05, 0.1) is 26.3 Å². The number of fused-ring (bicyclic) bond motifs is 1. The number of aromatic nitrogens is 1. The van der Waals surface area contributed by atoms with E-state index in [0.717, 1.165) is 33.2 Å². The average Bonchev–Trinajstić information content (AvgIpc) is 2.89. The van der Waals surface area contributed by atoms with Crippen LogP contribution in [0.15, 0.2) is 65.5 Å². The lowest BCUT2D eigenvalue weighted by atomic mass is 10.0. The van der Waals surface area contributed by atoms with E-state index in [4.69, 9.17) is 9.47 Å². The normalized spacial score (nSPS) is 10.9. The van der Waals surface area contributed by atoms with E-state index in [2.05, 4.69) is 4.98 Å². The summed E-state index contributed by atoms with van der Waals surface area (Å²) in [4.78, 5) is 31.5. The van der Waals surface area contributed by atoms with Gasteiger partial charge in [0, 0.05) is 23.1 Å². The number of nitrogens with one attached hydrogen (secondary N) is 1. The first kappa shape index (κ1) is 25.0. The summed E-state index contributed by atoms with van der Waals surface area (Å²) in [5, 5.41) is 0.993. The molecule has 0 unspecified atom stereocenters. The lowest BCUT2D eigenvalue weighted by Crippen LogP contribution is -2.35. The summed E-state index contributed by atoms with van der Waals surface area (Å²) in [6, 6.07) is 19.3. The van der Waals surface area contributed by atoms with Crippen LogP contribution >= 0.6 is 0 Å². The highest BCUT2D eigenvalue weighted by atomic mass is 16.5. The van der Waals surface area contributed by atoms with Crippen LogP contribution in [0.5, 0.6) is 11.5 Å². The van der Waals surface area contributed by atoms with Gasteiger partial charge >= 0.3 is 0 Å². The monoisotopic (exact) mass is 484 g/mol. The van der Waals surface area contributed by atoms with E-state index < -0.39 is 0 Å². The molecule has 186 valence electrons. The molecule has 0 aliphatic carbocycles. The van der Waals surface area contributed by atoms with Crippen LogP contribution in [-0.4, -0.2) is 36.6 Å². The highest BCUT2D eigenvalue weighted by Gasteiger charge is 2.20. The summed E-state index contributed by atoms with van der Waals surface area (Å²) >= 11 is 0. The van der Waals surface area contributed by atoms with Gasteiger partial charge in [-0.3, -0.25) is 9.59 Å². The van der Waals surface area contributed by atoms with Crippen molar-refractivity contribution in [3.8, 4) is 11.5 Å². The minimum atomic E-state index is -0.176. The van der Waals surface area contributed by atoms with Crippen LogP contribution in [0.1, 0.15) is 38.2 Å². The number of H-pyrrole nitrogens is 1. The fourth-order valence-electron chi connectivity index (χ4n) is 4.48. The number of nitrogens with zero attached hydrogens (tertiary/aromatic N) is 1. The largest absolute Gasteiger partial charge is 0.493 e. The first-order valence-corrected chi connectivity index (χ1v) is 12.0. The van der Waals surface area contributed by atoms with Gasteiger partial charge in [0.2, 0.25) is 0 Å². The lowest BCUT2D eigenvalue weighted by Gasteiger charge is -2.24. The first-order chi connectivity index (χ1) is 17.3. The molecular formula is C30H32N2O4. The predicted molar refractivity (Wildman–Crippen MR) is 143 cm³/mol. The van der Waals surface area contributed by atoms with Crippen LogP contribution in [0, 0.1) is 20.8 Å². The molecule has 0 saturated carbocycles. The fraction of sp³-hybridized carbons (Fsp3) is 0.267. The zero-order valence-electron chi connectivity index (χ0n) is 21.5. The van der Waals surface area contributed by atoms with Crippen molar-refractivity contribution in [3.63, 3.8) is 0 Å². The van der Waals surface area contributed by atoms with Gasteiger partial charge in [-0.05, 0) is 73.7 Å². The number of carbonyl (C=O) groups excluding carboxylic acids is 1. The van der Waals surface area contributed by atoms with Gasteiger partial charge in [-0.15, -0.1) is 0 Å². The van der Waals surface area contributed by atoms with Gasteiger partial charge in [0.25, 0.3) is 11.5 Å². The molecule has 1 amide bonds. The van der Waals surface area contributed by atoms with Crippen molar-refractivity contribution in [2.24, 2.45) is 0 Å². The van der Waals surface area contributed by atoms with Crippen LogP contribution in [0.4, 0.5) is 0 Å². The molecule has 0 atom stereocenters. The van der Waals surface area contributed by atoms with E-state index in [1.54, 1.807) is 19.1 Å². The zero-order valence-corrected chi connectivity index (χ0v) is 21.5. The number of carbonyl (C=O) groups is 1. The Morgan fingerprint density at radius 2 is 1.58 bits per heavy atom. The molecule has 4 aromatic rings. The van der Waals surface area contributed by atoms with Crippen molar-refractivity contribution in [2.75, 3.05) is 20.8 Å². The van der Waals surface area contributed by atoms with E-state index in [-0.39, 0.29) is 18.0 Å². The molecular weight excluding hydrogens is 452 g/mol. The minimum Gasteiger partial charge on any atom is -0.493 e. The number of aryl methyl sites for hydroxylation is 3. The second kappa shape index (κ2) is 10.7. The Labute approximate surface area is 211 Å². The Kier molecular flexibility index (Phi) is 7.44. The molecule has 36 heavy (non-hydrogen) atoms. The van der Waals surface area contributed by atoms with Crippen LogP contribution < -0.4 is 15.0 Å². The quantitative estimate of drug-likeness (QED) is 0.366. The Bertz CT molecular complexity index is 1470. The number of pyridine rings is 1. The number of ether oxygens (including phenoxy) is 2. The van der Waals surface area contributed by atoms with Gasteiger partial charge in [-0.1, -0.05) is 36.4 Å². The van der Waals surface area contributed by atoms with Crippen LogP contribution in [-0.2, 0) is 13.0 Å². The van der Waals surface area contributed by atoms with Crippen molar-refractivity contribution in [3.05, 3.63) is 104 Å². The van der Waals surface area contributed by atoms with Gasteiger partial charge in [-0.2, -0.15) is 0 Å². The zero-order chi connectivity index (χ0) is 25.8. The standard InChI is InChI=1S/C30H32N2O4/c1-19-8-6-7-9-24(19)30(34)32(15-14-22-12-13-26(35-4)27(16-22)36-5)18-23-17-25-20(2)10-11-21(3)28(25)31-29(23)33/h6-13,16-17H,14-15,18H2,1-5H3,(H,31,33). The summed E-state index contributed by atoms with van der Waals surface area (Å²) in [7, 11) is 3.20. The van der Waals surface area contributed by atoms with Crippen LogP contribution in [0.25, 0.3) is 10.9 Å². The Hall–Kier alpha value is -4.06. The number of benzene rings is 3. The number of rotatable bonds is 8. The molecule has 6 nitrogen and oxygen atoms in total. The van der Waals surface area contributed by atoms with Crippen molar-refractivity contribution in [1.82, 2.24) is 9.88 Å². The summed E-state index contributed by atoms with van der Waals surface area (Å²) in [6.07, 6.45) is 0.599. The molecule has 0 aliphatic rings. The molecule has 6 heteroatoms. The van der Waals surface area contributed by atoms with E-state index in [1.165, 1.54) is 0 Å². The van der Waals surface area contributed by atoms with Crippen LogP contribution in [0.2, 0.25) is 0 Å². The predicted octanol–water partition coefficient (Wildman–Crippen LogP) is 5.36. The summed E-state index contributed by atoms with van der Waals surface area (Å²) < 4.78 is 10.8. The molecule has 0 fully saturated rings. The Morgan fingerprint density at radius 3 is 2.31 bits per heavy atom. The molecule has 0 spiro atoms. The summed E-state index contributed by atoms with van der Waals surface area (Å²) in [5.41, 5.74) is 5.86. The average molecular weight is 485 g/mol. The maximum absolute atomic E-state index is 13.7. The molecule has 0 radical (unpaired) electrons. The molecule has 1 N–H and O–H groups in total. The second-order valence-electron chi connectivity index (χ2n) is 9.09. The third-order valence-electron chi connectivity index (χ3n) is 6.66. The van der Waals surface area contributed by atoms with Gasteiger partial charge in [0.1, 0.15) is 0 Å². The van der Waals surface area contributed by atoms with E-state index in [0.29, 0.717) is 35.6 Å². The molecule has 3 aromatic carbocycles. The van der Waals surface area contributed by atoms with E-state index in [1.807, 2.05) is 81.4 Å². The molecule has 0 aliphatic heterocycles. The smallest absolute Gasteiger partial charge is 0.254 e. The second-order valence-corrected chi connectivity index (χ2v) is 9.09. The van der Waals surface area contributed by atoms with Gasteiger partial charge in [0.15, 0.2) is 11.5 Å². The molecule has 1 aromatic heterocycles. The van der Waals surface area contributed by atoms with Gasteiger partial charge in [-0.25, -0.2) is 0 Å². The number of amides is 1. The number of methoxy groups -OCH3 is 2. The number of hydrogen-bond acceptors (Lipinski definition) is 4. The minimum absolute atomic E-state index is 0.103. The van der Waals surface area contributed by atoms with E-state index >= 15 is 0 Å². The van der Waals surface area contributed by atoms with Crippen molar-refractivity contribution >= 4 is 16.8 Å². The third-order valence-corrected chi connectivity index (χ3v) is 6.66.